The standard InChI is InChI=1S/C18H19ClN2O4.ClH/c1-23-16-10-14(20)13(19)9-12(16)18(22)21-5-4-11-2-3-15-17(8-11)25-7-6-24-15;/h2-3,8-10H,4-7,20H2,1H3,(H,21,22);1H. The van der Waals surface area contributed by atoms with E-state index in [0.29, 0.717) is 48.2 Å². The fourth-order valence-corrected chi connectivity index (χ4v) is 2.74. The lowest BCUT2D eigenvalue weighted by molar-refractivity contribution is 0.0951. The van der Waals surface area contributed by atoms with Crippen LogP contribution in [0.25, 0.3) is 0 Å². The average Bonchev–Trinajstić information content (AvgIpc) is 2.63. The zero-order valence-electron chi connectivity index (χ0n) is 14.2. The van der Waals surface area contributed by atoms with Gasteiger partial charge in [0.1, 0.15) is 19.0 Å². The number of ether oxygens (including phenoxy) is 3. The van der Waals surface area contributed by atoms with Crippen LogP contribution in [0.15, 0.2) is 30.3 Å². The predicted octanol–water partition coefficient (Wildman–Crippen LogP) is 3.10. The zero-order chi connectivity index (χ0) is 17.8. The molecular formula is C18H20Cl2N2O4. The maximum Gasteiger partial charge on any atom is 0.255 e. The van der Waals surface area contributed by atoms with Crippen molar-refractivity contribution in [3.8, 4) is 17.2 Å². The van der Waals surface area contributed by atoms with E-state index in [0.717, 1.165) is 17.1 Å². The van der Waals surface area contributed by atoms with E-state index in [1.54, 1.807) is 0 Å². The molecule has 1 heterocycles. The zero-order valence-corrected chi connectivity index (χ0v) is 15.8. The quantitative estimate of drug-likeness (QED) is 0.756. The van der Waals surface area contributed by atoms with Crippen molar-refractivity contribution in [1.82, 2.24) is 5.32 Å². The summed E-state index contributed by atoms with van der Waals surface area (Å²) >= 11 is 6.00. The number of carbonyl (C=O) groups is 1. The van der Waals surface area contributed by atoms with Crippen molar-refractivity contribution in [3.05, 3.63) is 46.5 Å². The van der Waals surface area contributed by atoms with Gasteiger partial charge in [0.2, 0.25) is 0 Å². The van der Waals surface area contributed by atoms with Gasteiger partial charge in [0.25, 0.3) is 5.91 Å². The van der Waals surface area contributed by atoms with Gasteiger partial charge in [0.15, 0.2) is 11.5 Å². The summed E-state index contributed by atoms with van der Waals surface area (Å²) in [7, 11) is 1.48. The van der Waals surface area contributed by atoms with E-state index in [1.807, 2.05) is 18.2 Å². The van der Waals surface area contributed by atoms with E-state index in [1.165, 1.54) is 19.2 Å². The molecule has 0 radical (unpaired) electrons. The molecule has 0 spiro atoms. The summed E-state index contributed by atoms with van der Waals surface area (Å²) in [6, 6.07) is 8.82. The van der Waals surface area contributed by atoms with Gasteiger partial charge in [0, 0.05) is 12.6 Å². The van der Waals surface area contributed by atoms with Gasteiger partial charge in [-0.25, -0.2) is 0 Å². The number of fused-ring (bicyclic) bond motifs is 1. The number of carbonyl (C=O) groups excluding carboxylic acids is 1. The monoisotopic (exact) mass is 398 g/mol. The summed E-state index contributed by atoms with van der Waals surface area (Å²) in [5.74, 6) is 1.61. The molecule has 8 heteroatoms. The average molecular weight is 399 g/mol. The molecule has 2 aromatic carbocycles. The van der Waals surface area contributed by atoms with Crippen molar-refractivity contribution in [2.75, 3.05) is 32.6 Å². The van der Waals surface area contributed by atoms with Crippen molar-refractivity contribution >= 4 is 35.6 Å². The molecule has 1 aliphatic rings. The first-order chi connectivity index (χ1) is 12.1. The molecule has 0 saturated heterocycles. The number of halogens is 2. The van der Waals surface area contributed by atoms with Crippen molar-refractivity contribution in [3.63, 3.8) is 0 Å². The molecule has 3 rings (SSSR count). The first-order valence-corrected chi connectivity index (χ1v) is 8.26. The molecule has 0 fully saturated rings. The molecular weight excluding hydrogens is 379 g/mol. The summed E-state index contributed by atoms with van der Waals surface area (Å²) in [6.07, 6.45) is 0.660. The van der Waals surface area contributed by atoms with Crippen LogP contribution in [-0.4, -0.2) is 32.8 Å². The van der Waals surface area contributed by atoms with E-state index in [-0.39, 0.29) is 18.3 Å². The molecule has 6 nitrogen and oxygen atoms in total. The number of anilines is 1. The lowest BCUT2D eigenvalue weighted by Gasteiger charge is -2.19. The molecule has 0 aromatic heterocycles. The largest absolute Gasteiger partial charge is 0.496 e. The third-order valence-corrected chi connectivity index (χ3v) is 4.20. The van der Waals surface area contributed by atoms with Crippen LogP contribution in [-0.2, 0) is 6.42 Å². The van der Waals surface area contributed by atoms with E-state index in [2.05, 4.69) is 5.32 Å². The Kier molecular flexibility index (Phi) is 6.83. The molecule has 0 saturated carbocycles. The summed E-state index contributed by atoms with van der Waals surface area (Å²) < 4.78 is 16.3. The van der Waals surface area contributed by atoms with E-state index >= 15 is 0 Å². The number of nitrogen functional groups attached to an aromatic ring is 1. The Balaban J connectivity index is 0.00000243. The summed E-state index contributed by atoms with van der Waals surface area (Å²) in [4.78, 5) is 12.4. The van der Waals surface area contributed by atoms with Gasteiger partial charge >= 0.3 is 0 Å². The molecule has 1 amide bonds. The van der Waals surface area contributed by atoms with Gasteiger partial charge in [0.05, 0.1) is 23.4 Å². The molecule has 140 valence electrons. The first kappa shape index (κ1) is 20.0. The SMILES string of the molecule is COc1cc(N)c(Cl)cc1C(=O)NCCc1ccc2c(c1)OCCO2.Cl. The van der Waals surface area contributed by atoms with Gasteiger partial charge in [-0.3, -0.25) is 4.79 Å². The number of methoxy groups -OCH3 is 1. The lowest BCUT2D eigenvalue weighted by atomic mass is 10.1. The van der Waals surface area contributed by atoms with Gasteiger partial charge in [-0.2, -0.15) is 0 Å². The fourth-order valence-electron chi connectivity index (χ4n) is 2.57. The Morgan fingerprint density at radius 1 is 1.23 bits per heavy atom. The highest BCUT2D eigenvalue weighted by Gasteiger charge is 2.15. The van der Waals surface area contributed by atoms with Crippen LogP contribution in [0.4, 0.5) is 5.69 Å². The number of hydrogen-bond acceptors (Lipinski definition) is 5. The number of rotatable bonds is 5. The highest BCUT2D eigenvalue weighted by molar-refractivity contribution is 6.33. The molecule has 0 aliphatic carbocycles. The molecule has 0 bridgehead atoms. The molecule has 0 atom stereocenters. The van der Waals surface area contributed by atoms with Gasteiger partial charge < -0.3 is 25.3 Å². The summed E-state index contributed by atoms with van der Waals surface area (Å²) in [5.41, 5.74) is 7.50. The van der Waals surface area contributed by atoms with E-state index < -0.39 is 0 Å². The minimum absolute atomic E-state index is 0. The Morgan fingerprint density at radius 2 is 1.96 bits per heavy atom. The van der Waals surface area contributed by atoms with E-state index in [9.17, 15) is 4.79 Å². The predicted molar refractivity (Wildman–Crippen MR) is 103 cm³/mol. The smallest absolute Gasteiger partial charge is 0.255 e. The van der Waals surface area contributed by atoms with Gasteiger partial charge in [-0.05, 0) is 30.2 Å². The molecule has 3 N–H and O–H groups in total. The number of nitrogens with two attached hydrogens (primary N) is 1. The van der Waals surface area contributed by atoms with Crippen molar-refractivity contribution in [2.24, 2.45) is 0 Å². The van der Waals surface area contributed by atoms with Crippen LogP contribution in [0.5, 0.6) is 17.2 Å². The van der Waals surface area contributed by atoms with Crippen LogP contribution in [0.3, 0.4) is 0 Å². The maximum atomic E-state index is 12.4. The van der Waals surface area contributed by atoms with Gasteiger partial charge in [-0.1, -0.05) is 17.7 Å². The van der Waals surface area contributed by atoms with Crippen LogP contribution < -0.4 is 25.3 Å². The second kappa shape index (κ2) is 8.87. The summed E-state index contributed by atoms with van der Waals surface area (Å²) in [5, 5.41) is 3.18. The fraction of sp³-hybridized carbons (Fsp3) is 0.278. The normalized spacial score (nSPS) is 12.1. The van der Waals surface area contributed by atoms with Crippen LogP contribution >= 0.6 is 24.0 Å². The third-order valence-electron chi connectivity index (χ3n) is 3.87. The van der Waals surface area contributed by atoms with Crippen LogP contribution in [0, 0.1) is 0 Å². The first-order valence-electron chi connectivity index (χ1n) is 7.88. The lowest BCUT2D eigenvalue weighted by Crippen LogP contribution is -2.26. The van der Waals surface area contributed by atoms with Crippen molar-refractivity contribution < 1.29 is 19.0 Å². The highest BCUT2D eigenvalue weighted by atomic mass is 35.5. The number of nitrogens with one attached hydrogen (secondary N) is 1. The third kappa shape index (κ3) is 4.45. The Labute approximate surface area is 163 Å². The molecule has 0 unspecified atom stereocenters. The van der Waals surface area contributed by atoms with Crippen molar-refractivity contribution in [2.45, 2.75) is 6.42 Å². The second-order valence-electron chi connectivity index (χ2n) is 5.56. The Bertz CT molecular complexity index is 799. The Hall–Kier alpha value is -2.31. The van der Waals surface area contributed by atoms with Crippen LogP contribution in [0.2, 0.25) is 5.02 Å². The summed E-state index contributed by atoms with van der Waals surface area (Å²) in [6.45, 7) is 1.57. The van der Waals surface area contributed by atoms with Gasteiger partial charge in [-0.15, -0.1) is 12.4 Å². The topological polar surface area (TPSA) is 82.8 Å². The molecule has 2 aromatic rings. The minimum atomic E-state index is -0.267. The molecule has 1 aliphatic heterocycles. The number of hydrogen-bond donors (Lipinski definition) is 2. The van der Waals surface area contributed by atoms with E-state index in [4.69, 9.17) is 31.5 Å². The molecule has 26 heavy (non-hydrogen) atoms. The minimum Gasteiger partial charge on any atom is -0.496 e. The number of benzene rings is 2. The Morgan fingerprint density at radius 3 is 2.69 bits per heavy atom. The number of amides is 1. The maximum absolute atomic E-state index is 12.4. The highest BCUT2D eigenvalue weighted by Crippen LogP contribution is 2.31. The van der Waals surface area contributed by atoms with Crippen LogP contribution in [0.1, 0.15) is 15.9 Å². The van der Waals surface area contributed by atoms with Crippen molar-refractivity contribution in [1.29, 1.82) is 0 Å². The second-order valence-corrected chi connectivity index (χ2v) is 5.97.